The first-order valence-corrected chi connectivity index (χ1v) is 14.5. The predicted molar refractivity (Wildman–Crippen MR) is 167 cm³/mol. The summed E-state index contributed by atoms with van der Waals surface area (Å²) in [4.78, 5) is 51.1. The number of rotatable bonds is 13. The number of aliphatic hydroxyl groups excluding tert-OH is 1. The third kappa shape index (κ3) is 12.0. The van der Waals surface area contributed by atoms with Crippen LogP contribution in [0.3, 0.4) is 0 Å². The number of benzene rings is 2. The topological polar surface area (TPSA) is 170 Å². The summed E-state index contributed by atoms with van der Waals surface area (Å²) < 4.78 is 20.2. The molecule has 2 rings (SSSR count). The van der Waals surface area contributed by atoms with Crippen molar-refractivity contribution >= 4 is 29.7 Å². The Balaban J connectivity index is 2.28. The smallest absolute Gasteiger partial charge is 0.262 e. The summed E-state index contributed by atoms with van der Waals surface area (Å²) in [5.74, 6) is -3.26. The second-order valence-electron chi connectivity index (χ2n) is 12.0. The van der Waals surface area contributed by atoms with Crippen molar-refractivity contribution in [3.8, 4) is 11.8 Å². The van der Waals surface area contributed by atoms with Gasteiger partial charge < -0.3 is 31.1 Å². The standard InChI is InChI=1S/C33H42FN5O6/c1-19(2)29(41)38-28(21(4)40)32(44)37-27(31(43)36-17-23-12-11-20(3)13-26(23)34)18-45-25-10-8-9-22(15-25)14-24(16-35)30(42)39-33(5,6)7/h8-15,19,21,27-28,40H,17-18H2,1-7H3,(H,36,43)(H,37,44)(H,38,41)(H,39,42). The number of hydrogen-bond donors (Lipinski definition) is 5. The lowest BCUT2D eigenvalue weighted by molar-refractivity contribution is -0.135. The van der Waals surface area contributed by atoms with Crippen LogP contribution in [0.5, 0.6) is 5.75 Å². The highest BCUT2D eigenvalue weighted by atomic mass is 19.1. The maximum atomic E-state index is 14.4. The van der Waals surface area contributed by atoms with E-state index in [1.165, 1.54) is 25.1 Å². The number of aliphatic hydroxyl groups is 1. The van der Waals surface area contributed by atoms with Crippen LogP contribution >= 0.6 is 0 Å². The van der Waals surface area contributed by atoms with Crippen LogP contribution in [-0.2, 0) is 25.7 Å². The molecule has 0 aliphatic carbocycles. The summed E-state index contributed by atoms with van der Waals surface area (Å²) >= 11 is 0. The number of halogens is 1. The lowest BCUT2D eigenvalue weighted by atomic mass is 10.1. The fraction of sp³-hybridized carbons (Fsp3) is 0.424. The Morgan fingerprint density at radius 3 is 2.29 bits per heavy atom. The number of aryl methyl sites for hydroxylation is 1. The predicted octanol–water partition coefficient (Wildman–Crippen LogP) is 2.66. The Labute approximate surface area is 263 Å². The molecule has 2 aromatic carbocycles. The molecule has 242 valence electrons. The molecule has 0 fully saturated rings. The Kier molecular flexibility index (Phi) is 13.2. The van der Waals surface area contributed by atoms with Crippen LogP contribution in [0.4, 0.5) is 4.39 Å². The van der Waals surface area contributed by atoms with E-state index in [1.807, 2.05) is 6.07 Å². The molecular formula is C33H42FN5O6. The van der Waals surface area contributed by atoms with Crippen LogP contribution in [0, 0.1) is 30.0 Å². The minimum Gasteiger partial charge on any atom is -0.491 e. The number of nitriles is 1. The third-order valence-electron chi connectivity index (χ3n) is 6.32. The van der Waals surface area contributed by atoms with Crippen molar-refractivity contribution in [2.24, 2.45) is 5.92 Å². The van der Waals surface area contributed by atoms with E-state index in [-0.39, 0.29) is 30.0 Å². The first-order chi connectivity index (χ1) is 21.0. The van der Waals surface area contributed by atoms with Crippen molar-refractivity contribution in [3.63, 3.8) is 0 Å². The van der Waals surface area contributed by atoms with Crippen molar-refractivity contribution in [1.82, 2.24) is 21.3 Å². The molecule has 0 aromatic heterocycles. The summed E-state index contributed by atoms with van der Waals surface area (Å²) in [6, 6.07) is 10.2. The quantitative estimate of drug-likeness (QED) is 0.169. The van der Waals surface area contributed by atoms with Crippen molar-refractivity contribution in [1.29, 1.82) is 5.26 Å². The van der Waals surface area contributed by atoms with E-state index in [2.05, 4.69) is 21.3 Å². The Morgan fingerprint density at radius 1 is 1.02 bits per heavy atom. The zero-order valence-electron chi connectivity index (χ0n) is 26.7. The molecule has 0 aliphatic heterocycles. The summed E-state index contributed by atoms with van der Waals surface area (Å²) in [6.07, 6.45) is 0.105. The van der Waals surface area contributed by atoms with Gasteiger partial charge in [0, 0.05) is 23.6 Å². The van der Waals surface area contributed by atoms with E-state index < -0.39 is 59.1 Å². The lowest BCUT2D eigenvalue weighted by Crippen LogP contribution is -2.58. The van der Waals surface area contributed by atoms with Crippen LogP contribution in [0.25, 0.3) is 6.08 Å². The molecule has 12 heteroatoms. The molecular weight excluding hydrogens is 581 g/mol. The number of carbonyl (C=O) groups excluding carboxylic acids is 4. The Hall–Kier alpha value is -4.76. The first kappa shape index (κ1) is 36.4. The van der Waals surface area contributed by atoms with Gasteiger partial charge in [0.15, 0.2) is 0 Å². The van der Waals surface area contributed by atoms with Gasteiger partial charge in [0.1, 0.15) is 41.9 Å². The van der Waals surface area contributed by atoms with E-state index in [1.54, 1.807) is 71.9 Å². The molecule has 0 heterocycles. The molecule has 0 radical (unpaired) electrons. The van der Waals surface area contributed by atoms with Gasteiger partial charge in [-0.3, -0.25) is 19.2 Å². The lowest BCUT2D eigenvalue weighted by Gasteiger charge is -2.25. The molecule has 5 N–H and O–H groups in total. The number of nitrogens with one attached hydrogen (secondary N) is 4. The minimum absolute atomic E-state index is 0.123. The van der Waals surface area contributed by atoms with Gasteiger partial charge in [-0.1, -0.05) is 38.1 Å². The average Bonchev–Trinajstić information content (AvgIpc) is 2.94. The van der Waals surface area contributed by atoms with Gasteiger partial charge in [-0.2, -0.15) is 5.26 Å². The summed E-state index contributed by atoms with van der Waals surface area (Å²) in [6.45, 7) is 11.1. The second-order valence-corrected chi connectivity index (χ2v) is 12.0. The highest BCUT2D eigenvalue weighted by Crippen LogP contribution is 2.17. The van der Waals surface area contributed by atoms with Crippen LogP contribution in [-0.4, -0.2) is 59.1 Å². The van der Waals surface area contributed by atoms with Gasteiger partial charge in [-0.25, -0.2) is 4.39 Å². The van der Waals surface area contributed by atoms with Crippen LogP contribution in [0.15, 0.2) is 48.0 Å². The number of carbonyl (C=O) groups is 4. The van der Waals surface area contributed by atoms with Crippen molar-refractivity contribution in [2.75, 3.05) is 6.61 Å². The second kappa shape index (κ2) is 16.4. The maximum Gasteiger partial charge on any atom is 0.262 e. The highest BCUT2D eigenvalue weighted by Gasteiger charge is 2.31. The Morgan fingerprint density at radius 2 is 1.71 bits per heavy atom. The Bertz CT molecular complexity index is 1460. The fourth-order valence-corrected chi connectivity index (χ4v) is 3.87. The molecule has 45 heavy (non-hydrogen) atoms. The molecule has 0 saturated carbocycles. The molecule has 0 aliphatic rings. The minimum atomic E-state index is -1.36. The normalized spacial score (nSPS) is 13.6. The zero-order chi connectivity index (χ0) is 33.9. The van der Waals surface area contributed by atoms with E-state index in [0.717, 1.165) is 0 Å². The van der Waals surface area contributed by atoms with Crippen LogP contribution < -0.4 is 26.0 Å². The first-order valence-electron chi connectivity index (χ1n) is 14.5. The molecule has 0 spiro atoms. The van der Waals surface area contributed by atoms with E-state index in [9.17, 15) is 33.9 Å². The van der Waals surface area contributed by atoms with Gasteiger partial charge in [-0.15, -0.1) is 0 Å². The van der Waals surface area contributed by atoms with Gasteiger partial charge in [0.05, 0.1) is 6.10 Å². The van der Waals surface area contributed by atoms with Crippen LogP contribution in [0.2, 0.25) is 0 Å². The molecule has 3 atom stereocenters. The number of ether oxygens (including phenoxy) is 1. The van der Waals surface area contributed by atoms with Crippen molar-refractivity contribution in [3.05, 3.63) is 70.5 Å². The van der Waals surface area contributed by atoms with E-state index in [4.69, 9.17) is 4.74 Å². The van der Waals surface area contributed by atoms with E-state index >= 15 is 0 Å². The zero-order valence-corrected chi connectivity index (χ0v) is 26.7. The number of amides is 4. The van der Waals surface area contributed by atoms with Gasteiger partial charge in [-0.05, 0) is 70.0 Å². The molecule has 0 bridgehead atoms. The summed E-state index contributed by atoms with van der Waals surface area (Å²) in [5, 5.41) is 30.0. The number of nitrogens with zero attached hydrogens (tertiary/aromatic N) is 1. The van der Waals surface area contributed by atoms with Crippen LogP contribution in [0.1, 0.15) is 58.2 Å². The molecule has 0 saturated heterocycles. The van der Waals surface area contributed by atoms with Gasteiger partial charge in [0.25, 0.3) is 5.91 Å². The molecule has 2 aromatic rings. The number of hydrogen-bond acceptors (Lipinski definition) is 7. The average molecular weight is 624 g/mol. The third-order valence-corrected chi connectivity index (χ3v) is 6.32. The maximum absolute atomic E-state index is 14.4. The largest absolute Gasteiger partial charge is 0.491 e. The van der Waals surface area contributed by atoms with E-state index in [0.29, 0.717) is 11.1 Å². The highest BCUT2D eigenvalue weighted by molar-refractivity contribution is 6.02. The van der Waals surface area contributed by atoms with Gasteiger partial charge in [0.2, 0.25) is 17.7 Å². The summed E-state index contributed by atoms with van der Waals surface area (Å²) in [5.41, 5.74) is 0.742. The fourth-order valence-electron chi connectivity index (χ4n) is 3.87. The van der Waals surface area contributed by atoms with Crippen molar-refractivity contribution in [2.45, 2.75) is 78.7 Å². The molecule has 3 unspecified atom stereocenters. The van der Waals surface area contributed by atoms with Crippen molar-refractivity contribution < 1.29 is 33.4 Å². The van der Waals surface area contributed by atoms with Gasteiger partial charge >= 0.3 is 0 Å². The molecule has 11 nitrogen and oxygen atoms in total. The molecule has 4 amide bonds. The monoisotopic (exact) mass is 623 g/mol. The summed E-state index contributed by atoms with van der Waals surface area (Å²) in [7, 11) is 0. The SMILES string of the molecule is Cc1ccc(CNC(=O)C(COc2cccc(C=C(C#N)C(=O)NC(C)(C)C)c2)NC(=O)C(NC(=O)C(C)C)C(C)O)c(F)c1.